The highest BCUT2D eigenvalue weighted by Crippen LogP contribution is 2.38. The van der Waals surface area contributed by atoms with Gasteiger partial charge in [0.25, 0.3) is 0 Å². The number of hydrogen-bond donors (Lipinski definition) is 0. The molecule has 2 nitrogen and oxygen atoms in total. The van der Waals surface area contributed by atoms with Crippen LogP contribution in [0, 0.1) is 11.8 Å². The van der Waals surface area contributed by atoms with Crippen LogP contribution in [-0.4, -0.2) is 13.2 Å². The van der Waals surface area contributed by atoms with Crippen molar-refractivity contribution < 1.29 is 9.47 Å². The summed E-state index contributed by atoms with van der Waals surface area (Å²) in [5, 5.41) is 2.60. The van der Waals surface area contributed by atoms with E-state index in [1.807, 2.05) is 11.3 Å². The molecule has 0 aliphatic heterocycles. The van der Waals surface area contributed by atoms with Crippen LogP contribution in [0.15, 0.2) is 36.4 Å². The van der Waals surface area contributed by atoms with Gasteiger partial charge in [-0.15, -0.1) is 11.3 Å². The first-order chi connectivity index (χ1) is 14.3. The minimum Gasteiger partial charge on any atom is -0.493 e. The molecule has 2 aromatic carbocycles. The van der Waals surface area contributed by atoms with Gasteiger partial charge in [-0.05, 0) is 73.9 Å². The second-order valence-corrected chi connectivity index (χ2v) is 10.1. The van der Waals surface area contributed by atoms with Gasteiger partial charge in [-0.1, -0.05) is 38.5 Å². The second kappa shape index (κ2) is 8.95. The molecule has 1 heterocycles. The molecule has 2 aliphatic rings. The molecule has 2 fully saturated rings. The van der Waals surface area contributed by atoms with Gasteiger partial charge in [0.05, 0.1) is 13.2 Å². The highest BCUT2D eigenvalue weighted by Gasteiger charge is 2.16. The van der Waals surface area contributed by atoms with Gasteiger partial charge in [-0.3, -0.25) is 0 Å². The summed E-state index contributed by atoms with van der Waals surface area (Å²) in [6, 6.07) is 13.2. The number of rotatable bonds is 6. The second-order valence-electron chi connectivity index (χ2n) is 9.05. The van der Waals surface area contributed by atoms with Crippen molar-refractivity contribution in [2.45, 2.75) is 64.2 Å². The van der Waals surface area contributed by atoms with Crippen LogP contribution in [0.25, 0.3) is 20.2 Å². The Morgan fingerprint density at radius 2 is 1.07 bits per heavy atom. The van der Waals surface area contributed by atoms with Crippen molar-refractivity contribution >= 4 is 31.5 Å². The van der Waals surface area contributed by atoms with E-state index < -0.39 is 0 Å². The average Bonchev–Trinajstić information content (AvgIpc) is 3.15. The molecule has 1 aromatic heterocycles. The van der Waals surface area contributed by atoms with E-state index in [4.69, 9.17) is 9.47 Å². The lowest BCUT2D eigenvalue weighted by Crippen LogP contribution is -2.15. The van der Waals surface area contributed by atoms with Crippen LogP contribution in [0.4, 0.5) is 0 Å². The Bertz CT molecular complexity index is 872. The smallest absolute Gasteiger partial charge is 0.120 e. The SMILES string of the molecule is c1cc2sc3ccc(OCC4CCCCC4)cc3c2cc1OCC1CCCCC1. The third kappa shape index (κ3) is 4.55. The van der Waals surface area contributed by atoms with Gasteiger partial charge in [-0.2, -0.15) is 0 Å². The molecule has 0 amide bonds. The fraction of sp³-hybridized carbons (Fsp3) is 0.538. The summed E-state index contributed by atoms with van der Waals surface area (Å²) >= 11 is 1.86. The van der Waals surface area contributed by atoms with Crippen LogP contribution in [0.3, 0.4) is 0 Å². The number of fused-ring (bicyclic) bond motifs is 3. The summed E-state index contributed by atoms with van der Waals surface area (Å²) in [7, 11) is 0. The van der Waals surface area contributed by atoms with Crippen LogP contribution in [0.5, 0.6) is 11.5 Å². The summed E-state index contributed by atoms with van der Waals surface area (Å²) in [6.07, 6.45) is 13.6. The van der Waals surface area contributed by atoms with Crippen molar-refractivity contribution in [3.63, 3.8) is 0 Å². The van der Waals surface area contributed by atoms with Crippen LogP contribution in [-0.2, 0) is 0 Å². The Hall–Kier alpha value is -1.74. The fourth-order valence-corrected chi connectivity index (χ4v) is 6.12. The molecule has 0 spiro atoms. The summed E-state index contributed by atoms with van der Waals surface area (Å²) in [5.74, 6) is 3.49. The first kappa shape index (κ1) is 19.2. The zero-order chi connectivity index (χ0) is 19.5. The van der Waals surface area contributed by atoms with E-state index in [2.05, 4.69) is 36.4 Å². The fourth-order valence-electron chi connectivity index (χ4n) is 5.05. The summed E-state index contributed by atoms with van der Waals surface area (Å²) < 4.78 is 15.1. The Kier molecular flexibility index (Phi) is 5.94. The molecule has 3 aromatic rings. The molecule has 2 aliphatic carbocycles. The first-order valence-electron chi connectivity index (χ1n) is 11.6. The topological polar surface area (TPSA) is 18.5 Å². The molecule has 154 valence electrons. The summed E-state index contributed by atoms with van der Waals surface area (Å²) in [6.45, 7) is 1.73. The number of ether oxygens (including phenoxy) is 2. The molecular formula is C26H32O2S. The minimum atomic E-state index is 0.735. The van der Waals surface area contributed by atoms with E-state index in [9.17, 15) is 0 Å². The van der Waals surface area contributed by atoms with Crippen molar-refractivity contribution in [1.82, 2.24) is 0 Å². The van der Waals surface area contributed by atoms with Crippen molar-refractivity contribution in [1.29, 1.82) is 0 Å². The van der Waals surface area contributed by atoms with Crippen molar-refractivity contribution in [2.24, 2.45) is 11.8 Å². The zero-order valence-electron chi connectivity index (χ0n) is 17.3. The lowest BCUT2D eigenvalue weighted by atomic mass is 9.90. The van der Waals surface area contributed by atoms with Crippen LogP contribution >= 0.6 is 11.3 Å². The number of benzene rings is 2. The predicted octanol–water partition coefficient (Wildman–Crippen LogP) is 7.97. The van der Waals surface area contributed by atoms with Gasteiger partial charge in [-0.25, -0.2) is 0 Å². The Morgan fingerprint density at radius 1 is 0.621 bits per heavy atom. The van der Waals surface area contributed by atoms with E-state index in [1.54, 1.807) is 0 Å². The van der Waals surface area contributed by atoms with Gasteiger partial charge >= 0.3 is 0 Å². The van der Waals surface area contributed by atoms with Crippen LogP contribution in [0.1, 0.15) is 64.2 Å². The van der Waals surface area contributed by atoms with E-state index in [0.29, 0.717) is 0 Å². The maximum absolute atomic E-state index is 6.20. The lowest BCUT2D eigenvalue weighted by Gasteiger charge is -2.21. The minimum absolute atomic E-state index is 0.735. The number of thiophene rings is 1. The molecular weight excluding hydrogens is 376 g/mol. The average molecular weight is 409 g/mol. The monoisotopic (exact) mass is 408 g/mol. The molecule has 0 atom stereocenters. The van der Waals surface area contributed by atoms with Gasteiger partial charge in [0.1, 0.15) is 11.5 Å². The summed E-state index contributed by atoms with van der Waals surface area (Å²) in [5.41, 5.74) is 0. The lowest BCUT2D eigenvalue weighted by molar-refractivity contribution is 0.209. The van der Waals surface area contributed by atoms with Crippen LogP contribution < -0.4 is 9.47 Å². The molecule has 0 N–H and O–H groups in total. The quantitative estimate of drug-likeness (QED) is 0.412. The molecule has 2 saturated carbocycles. The third-order valence-electron chi connectivity index (χ3n) is 6.83. The summed E-state index contributed by atoms with van der Waals surface area (Å²) in [4.78, 5) is 0. The van der Waals surface area contributed by atoms with Gasteiger partial charge in [0.2, 0.25) is 0 Å². The van der Waals surface area contributed by atoms with Crippen molar-refractivity contribution in [3.05, 3.63) is 36.4 Å². The molecule has 0 bridgehead atoms. The third-order valence-corrected chi connectivity index (χ3v) is 7.98. The predicted molar refractivity (Wildman–Crippen MR) is 123 cm³/mol. The van der Waals surface area contributed by atoms with Crippen molar-refractivity contribution in [2.75, 3.05) is 13.2 Å². The maximum atomic E-state index is 6.20. The molecule has 29 heavy (non-hydrogen) atoms. The first-order valence-corrected chi connectivity index (χ1v) is 12.4. The Morgan fingerprint density at radius 3 is 1.52 bits per heavy atom. The molecule has 5 rings (SSSR count). The largest absolute Gasteiger partial charge is 0.493 e. The van der Waals surface area contributed by atoms with Gasteiger partial charge in [0, 0.05) is 20.2 Å². The van der Waals surface area contributed by atoms with Crippen molar-refractivity contribution in [3.8, 4) is 11.5 Å². The molecule has 0 radical (unpaired) electrons. The standard InChI is InChI=1S/C26H32O2S/c1-3-7-19(8-4-1)17-27-21-11-13-25-23(15-21)24-16-22(12-14-26(24)29-25)28-18-20-9-5-2-6-10-20/h11-16,19-20H,1-10,17-18H2. The number of hydrogen-bond acceptors (Lipinski definition) is 3. The van der Waals surface area contributed by atoms with Gasteiger partial charge < -0.3 is 9.47 Å². The maximum Gasteiger partial charge on any atom is 0.120 e. The van der Waals surface area contributed by atoms with E-state index in [-0.39, 0.29) is 0 Å². The van der Waals surface area contributed by atoms with E-state index >= 15 is 0 Å². The molecule has 3 heteroatoms. The Balaban J connectivity index is 1.32. The zero-order valence-corrected chi connectivity index (χ0v) is 18.1. The molecule has 0 unspecified atom stereocenters. The van der Waals surface area contributed by atoms with Crippen LogP contribution in [0.2, 0.25) is 0 Å². The van der Waals surface area contributed by atoms with E-state index in [0.717, 1.165) is 36.5 Å². The Labute approximate surface area is 178 Å². The highest BCUT2D eigenvalue weighted by molar-refractivity contribution is 7.25. The normalized spacial score (nSPS) is 19.0. The van der Waals surface area contributed by atoms with Gasteiger partial charge in [0.15, 0.2) is 0 Å². The highest BCUT2D eigenvalue weighted by atomic mass is 32.1. The molecule has 0 saturated heterocycles. The van der Waals surface area contributed by atoms with E-state index in [1.165, 1.54) is 84.4 Å².